The van der Waals surface area contributed by atoms with E-state index in [0.717, 1.165) is 32.4 Å². The first kappa shape index (κ1) is 16.7. The van der Waals surface area contributed by atoms with E-state index >= 15 is 0 Å². The van der Waals surface area contributed by atoms with Crippen LogP contribution < -0.4 is 5.32 Å². The van der Waals surface area contributed by atoms with Crippen LogP contribution in [0.3, 0.4) is 0 Å². The molecular formula is C17H31NO3S. The van der Waals surface area contributed by atoms with Crippen molar-refractivity contribution in [3.8, 4) is 0 Å². The van der Waals surface area contributed by atoms with E-state index in [1.807, 2.05) is 0 Å². The molecule has 3 aliphatic rings. The van der Waals surface area contributed by atoms with Crippen LogP contribution in [0.4, 0.5) is 0 Å². The van der Waals surface area contributed by atoms with Crippen molar-refractivity contribution < 1.29 is 13.2 Å². The average molecular weight is 330 g/mol. The molecule has 3 rings (SSSR count). The van der Waals surface area contributed by atoms with E-state index in [1.165, 1.54) is 32.1 Å². The minimum atomic E-state index is -2.74. The molecule has 1 saturated heterocycles. The maximum atomic E-state index is 11.5. The van der Waals surface area contributed by atoms with E-state index < -0.39 is 9.84 Å². The highest BCUT2D eigenvalue weighted by atomic mass is 32.2. The van der Waals surface area contributed by atoms with E-state index in [4.69, 9.17) is 4.74 Å². The monoisotopic (exact) mass is 329 g/mol. The van der Waals surface area contributed by atoms with Gasteiger partial charge in [-0.15, -0.1) is 0 Å². The fraction of sp³-hybridized carbons (Fsp3) is 1.00. The highest BCUT2D eigenvalue weighted by molar-refractivity contribution is 7.91. The molecule has 2 atom stereocenters. The lowest BCUT2D eigenvalue weighted by molar-refractivity contribution is -0.150. The summed E-state index contributed by atoms with van der Waals surface area (Å²) >= 11 is 0. The van der Waals surface area contributed by atoms with Crippen molar-refractivity contribution in [2.24, 2.45) is 11.3 Å². The van der Waals surface area contributed by atoms with Crippen molar-refractivity contribution in [3.63, 3.8) is 0 Å². The summed E-state index contributed by atoms with van der Waals surface area (Å²) in [4.78, 5) is 0. The van der Waals surface area contributed by atoms with Gasteiger partial charge in [-0.25, -0.2) is 8.42 Å². The Morgan fingerprint density at radius 3 is 2.45 bits per heavy atom. The predicted octanol–water partition coefficient (Wildman–Crippen LogP) is 2.53. The van der Waals surface area contributed by atoms with E-state index in [-0.39, 0.29) is 0 Å². The van der Waals surface area contributed by atoms with Gasteiger partial charge in [-0.2, -0.15) is 0 Å². The molecule has 2 saturated carbocycles. The molecule has 5 heteroatoms. The Morgan fingerprint density at radius 1 is 1.14 bits per heavy atom. The molecule has 22 heavy (non-hydrogen) atoms. The molecular weight excluding hydrogens is 298 g/mol. The van der Waals surface area contributed by atoms with Gasteiger partial charge in [0.2, 0.25) is 0 Å². The van der Waals surface area contributed by atoms with Crippen molar-refractivity contribution >= 4 is 9.84 Å². The Balaban J connectivity index is 1.52. The lowest BCUT2D eigenvalue weighted by Crippen LogP contribution is -2.65. The van der Waals surface area contributed by atoms with Crippen LogP contribution in [0.5, 0.6) is 0 Å². The molecule has 4 nitrogen and oxygen atoms in total. The second-order valence-corrected chi connectivity index (χ2v) is 9.83. The minimum absolute atomic E-state index is 0.370. The summed E-state index contributed by atoms with van der Waals surface area (Å²) in [5, 5.41) is 3.79. The molecule has 2 aliphatic carbocycles. The van der Waals surface area contributed by atoms with E-state index in [9.17, 15) is 8.42 Å². The zero-order chi connectivity index (χ0) is 15.6. The Labute approximate surface area is 135 Å². The standard InChI is InChI=1S/C17H31NO3S/c1-2-21-16-12-15(17(16)8-4-3-5-9-17)18-13-14-6-10-22(19,20)11-7-14/h14-16,18H,2-13H2,1H3. The van der Waals surface area contributed by atoms with E-state index in [1.54, 1.807) is 0 Å². The van der Waals surface area contributed by atoms with Gasteiger partial charge in [0, 0.05) is 18.1 Å². The molecule has 1 spiro atoms. The predicted molar refractivity (Wildman–Crippen MR) is 88.7 cm³/mol. The van der Waals surface area contributed by atoms with Gasteiger partial charge >= 0.3 is 0 Å². The van der Waals surface area contributed by atoms with Crippen molar-refractivity contribution in [3.05, 3.63) is 0 Å². The number of sulfone groups is 1. The molecule has 3 fully saturated rings. The molecule has 1 N–H and O–H groups in total. The van der Waals surface area contributed by atoms with Crippen LogP contribution in [0.2, 0.25) is 0 Å². The summed E-state index contributed by atoms with van der Waals surface area (Å²) < 4.78 is 29.0. The molecule has 128 valence electrons. The zero-order valence-electron chi connectivity index (χ0n) is 13.9. The molecule has 2 unspecified atom stereocenters. The maximum Gasteiger partial charge on any atom is 0.150 e. The number of hydrogen-bond donors (Lipinski definition) is 1. The van der Waals surface area contributed by atoms with Crippen molar-refractivity contribution in [2.45, 2.75) is 70.4 Å². The Bertz CT molecular complexity index is 456. The first-order valence-electron chi connectivity index (χ1n) is 9.11. The van der Waals surface area contributed by atoms with Gasteiger partial charge in [-0.3, -0.25) is 0 Å². The third-order valence-electron chi connectivity index (χ3n) is 6.26. The topological polar surface area (TPSA) is 55.4 Å². The quantitative estimate of drug-likeness (QED) is 0.842. The summed E-state index contributed by atoms with van der Waals surface area (Å²) in [6.07, 6.45) is 9.90. The first-order valence-corrected chi connectivity index (χ1v) is 10.9. The number of nitrogens with one attached hydrogen (secondary N) is 1. The molecule has 0 aromatic heterocycles. The number of ether oxygens (including phenoxy) is 1. The summed E-state index contributed by atoms with van der Waals surface area (Å²) in [5.74, 6) is 1.31. The van der Waals surface area contributed by atoms with Gasteiger partial charge in [-0.05, 0) is 51.5 Å². The third-order valence-corrected chi connectivity index (χ3v) is 7.98. The van der Waals surface area contributed by atoms with Crippen LogP contribution in [0, 0.1) is 11.3 Å². The normalized spacial score (nSPS) is 34.4. The van der Waals surface area contributed by atoms with Crippen LogP contribution in [0.15, 0.2) is 0 Å². The van der Waals surface area contributed by atoms with E-state index in [2.05, 4.69) is 12.2 Å². The second-order valence-electron chi connectivity index (χ2n) is 7.53. The smallest absolute Gasteiger partial charge is 0.150 e. The highest BCUT2D eigenvalue weighted by Crippen LogP contribution is 2.53. The Hall–Kier alpha value is -0.130. The summed E-state index contributed by atoms with van der Waals surface area (Å²) in [6.45, 7) is 3.90. The average Bonchev–Trinajstić information content (AvgIpc) is 2.52. The summed E-state index contributed by atoms with van der Waals surface area (Å²) in [6, 6.07) is 0.586. The van der Waals surface area contributed by atoms with Crippen LogP contribution in [0.25, 0.3) is 0 Å². The van der Waals surface area contributed by atoms with Gasteiger partial charge in [-0.1, -0.05) is 19.3 Å². The van der Waals surface area contributed by atoms with E-state index in [0.29, 0.717) is 35.0 Å². The van der Waals surface area contributed by atoms with Crippen molar-refractivity contribution in [2.75, 3.05) is 24.7 Å². The van der Waals surface area contributed by atoms with Crippen LogP contribution >= 0.6 is 0 Å². The molecule has 1 heterocycles. The van der Waals surface area contributed by atoms with Crippen LogP contribution in [-0.4, -0.2) is 45.2 Å². The molecule has 0 aromatic carbocycles. The van der Waals surface area contributed by atoms with Gasteiger partial charge in [0.05, 0.1) is 17.6 Å². The zero-order valence-corrected chi connectivity index (χ0v) is 14.7. The summed E-state index contributed by atoms with van der Waals surface area (Å²) in [5.41, 5.74) is 0.370. The van der Waals surface area contributed by atoms with Crippen LogP contribution in [0.1, 0.15) is 58.3 Å². The Kier molecular flexibility index (Phi) is 5.15. The Morgan fingerprint density at radius 2 is 1.82 bits per heavy atom. The SMILES string of the molecule is CCOC1CC(NCC2CCS(=O)(=O)CC2)C12CCCCC2. The van der Waals surface area contributed by atoms with Gasteiger partial charge < -0.3 is 10.1 Å². The number of hydrogen-bond acceptors (Lipinski definition) is 4. The second kappa shape index (κ2) is 6.78. The fourth-order valence-corrected chi connectivity index (χ4v) is 6.39. The molecule has 0 bridgehead atoms. The molecule has 0 radical (unpaired) electrons. The molecule has 1 aliphatic heterocycles. The molecule has 0 amide bonds. The van der Waals surface area contributed by atoms with Crippen molar-refractivity contribution in [1.29, 1.82) is 0 Å². The van der Waals surface area contributed by atoms with Gasteiger partial charge in [0.15, 0.2) is 0 Å². The maximum absolute atomic E-state index is 11.5. The lowest BCUT2D eigenvalue weighted by atomic mass is 9.55. The van der Waals surface area contributed by atoms with Gasteiger partial charge in [0.1, 0.15) is 9.84 Å². The summed E-state index contributed by atoms with van der Waals surface area (Å²) in [7, 11) is -2.74. The number of rotatable bonds is 5. The van der Waals surface area contributed by atoms with Gasteiger partial charge in [0.25, 0.3) is 0 Å². The minimum Gasteiger partial charge on any atom is -0.378 e. The largest absolute Gasteiger partial charge is 0.378 e. The molecule has 0 aromatic rings. The third kappa shape index (κ3) is 3.36. The lowest BCUT2D eigenvalue weighted by Gasteiger charge is -2.58. The highest BCUT2D eigenvalue weighted by Gasteiger charge is 2.55. The fourth-order valence-electron chi connectivity index (χ4n) is 4.80. The van der Waals surface area contributed by atoms with Crippen molar-refractivity contribution in [1.82, 2.24) is 5.32 Å². The first-order chi connectivity index (χ1) is 10.6. The van der Waals surface area contributed by atoms with Crippen LogP contribution in [-0.2, 0) is 14.6 Å².